The number of nitrogens with zero attached hydrogens (tertiary/aromatic N) is 6. The van der Waals surface area contributed by atoms with Crippen molar-refractivity contribution < 1.29 is 33.6 Å². The van der Waals surface area contributed by atoms with E-state index >= 15 is 0 Å². The van der Waals surface area contributed by atoms with Gasteiger partial charge in [-0.25, -0.2) is 19.6 Å². The number of amides is 2. The molecule has 3 aromatic rings. The van der Waals surface area contributed by atoms with E-state index in [-0.39, 0.29) is 36.2 Å². The van der Waals surface area contributed by atoms with Crippen LogP contribution in [0.15, 0.2) is 35.2 Å². The third-order valence-electron chi connectivity index (χ3n) is 4.92. The maximum Gasteiger partial charge on any atom is 0.416 e. The van der Waals surface area contributed by atoms with Crippen molar-refractivity contribution in [1.82, 2.24) is 25.1 Å². The van der Waals surface area contributed by atoms with Gasteiger partial charge in [-0.3, -0.25) is 24.5 Å². The van der Waals surface area contributed by atoms with Gasteiger partial charge in [0.1, 0.15) is 23.9 Å². The van der Waals surface area contributed by atoms with Crippen LogP contribution in [0.5, 0.6) is 0 Å². The van der Waals surface area contributed by atoms with Gasteiger partial charge in [0.15, 0.2) is 5.69 Å². The Kier molecular flexibility index (Phi) is 8.39. The van der Waals surface area contributed by atoms with Gasteiger partial charge in [-0.1, -0.05) is 0 Å². The van der Waals surface area contributed by atoms with E-state index in [1.807, 2.05) is 0 Å². The van der Waals surface area contributed by atoms with Gasteiger partial charge in [-0.05, 0) is 45.7 Å². The topological polar surface area (TPSA) is 196 Å². The third-order valence-corrected chi connectivity index (χ3v) is 4.92. The molecule has 3 rings (SSSR count). The average Bonchev–Trinajstić information content (AvgIpc) is 3.47. The monoisotopic (exact) mass is 529 g/mol. The molecule has 0 aromatic carbocycles. The van der Waals surface area contributed by atoms with Crippen LogP contribution in [-0.2, 0) is 11.8 Å². The highest BCUT2D eigenvalue weighted by molar-refractivity contribution is 5.96. The fourth-order valence-corrected chi connectivity index (χ4v) is 3.27. The molecule has 2 N–H and O–H groups in total. The molecule has 38 heavy (non-hydrogen) atoms. The number of rotatable bonds is 10. The Morgan fingerprint density at radius 3 is 2.66 bits per heavy atom. The second-order valence-electron chi connectivity index (χ2n) is 9.13. The number of hydrogen-bond donors (Lipinski definition) is 2. The molecule has 0 atom stereocenters. The molecule has 15 heteroatoms. The summed E-state index contributed by atoms with van der Waals surface area (Å²) in [4.78, 5) is 56.3. The quantitative estimate of drug-likeness (QED) is 0.222. The molecule has 0 aliphatic heterocycles. The zero-order chi connectivity index (χ0) is 28.0. The van der Waals surface area contributed by atoms with Crippen LogP contribution >= 0.6 is 0 Å². The van der Waals surface area contributed by atoms with E-state index in [2.05, 4.69) is 20.4 Å². The highest BCUT2D eigenvalue weighted by atomic mass is 16.6. The van der Waals surface area contributed by atoms with Crippen LogP contribution in [0.1, 0.15) is 54.6 Å². The van der Waals surface area contributed by atoms with E-state index in [4.69, 9.17) is 14.3 Å². The van der Waals surface area contributed by atoms with Crippen LogP contribution in [0.3, 0.4) is 0 Å². The second kappa shape index (κ2) is 11.5. The molecule has 3 heterocycles. The van der Waals surface area contributed by atoms with E-state index in [9.17, 15) is 24.5 Å². The van der Waals surface area contributed by atoms with E-state index in [0.717, 1.165) is 12.5 Å². The van der Waals surface area contributed by atoms with Crippen molar-refractivity contribution >= 4 is 29.5 Å². The Labute approximate surface area is 216 Å². The number of carbonyl (C=O) groups is 3. The summed E-state index contributed by atoms with van der Waals surface area (Å²) < 4.78 is 11.9. The first-order valence-corrected chi connectivity index (χ1v) is 11.5. The van der Waals surface area contributed by atoms with Crippen molar-refractivity contribution in [2.24, 2.45) is 7.05 Å². The minimum atomic E-state index is -1.24. The first-order valence-electron chi connectivity index (χ1n) is 11.5. The minimum Gasteiger partial charge on any atom is -0.476 e. The highest BCUT2D eigenvalue weighted by Crippen LogP contribution is 2.24. The fraction of sp³-hybridized carbons (Fsp3) is 0.391. The first kappa shape index (κ1) is 27.8. The van der Waals surface area contributed by atoms with Crippen molar-refractivity contribution in [3.8, 4) is 11.5 Å². The third kappa shape index (κ3) is 7.11. The van der Waals surface area contributed by atoms with Gasteiger partial charge in [-0.2, -0.15) is 5.10 Å². The Balaban J connectivity index is 1.68. The van der Waals surface area contributed by atoms with Gasteiger partial charge in [0.25, 0.3) is 5.91 Å². The number of aromatic nitrogens is 4. The summed E-state index contributed by atoms with van der Waals surface area (Å²) in [5.41, 5.74) is -1.32. The standard InChI is InChI=1S/C23H27N7O8/c1-23(2,3)38-22(34)29(17-11-14(7-9-24-17)20-26-15(13-37-20)21(32)33)10-6-5-8-25-19(31)18-16(30(35)36)12-28(4)27-18/h7,9,11-13H,5-6,8,10H2,1-4H3,(H,25,31)(H,32,33). The summed E-state index contributed by atoms with van der Waals surface area (Å²) in [7, 11) is 1.48. The number of ether oxygens (including phenoxy) is 1. The summed E-state index contributed by atoms with van der Waals surface area (Å²) in [5, 5.41) is 26.6. The molecule has 0 saturated heterocycles. The molecule has 0 unspecified atom stereocenters. The molecule has 2 amide bonds. The van der Waals surface area contributed by atoms with Crippen molar-refractivity contribution in [3.63, 3.8) is 0 Å². The van der Waals surface area contributed by atoms with Crippen LogP contribution in [0, 0.1) is 10.1 Å². The molecule has 0 saturated carbocycles. The summed E-state index contributed by atoms with van der Waals surface area (Å²) in [6.07, 6.45) is 3.76. The zero-order valence-electron chi connectivity index (χ0n) is 21.2. The molecule has 0 aliphatic carbocycles. The van der Waals surface area contributed by atoms with E-state index in [1.54, 1.807) is 26.8 Å². The van der Waals surface area contributed by atoms with Gasteiger partial charge in [-0.15, -0.1) is 0 Å². The molecular weight excluding hydrogens is 502 g/mol. The van der Waals surface area contributed by atoms with Crippen molar-refractivity contribution in [3.05, 3.63) is 52.3 Å². The van der Waals surface area contributed by atoms with Crippen LogP contribution in [0.2, 0.25) is 0 Å². The van der Waals surface area contributed by atoms with Crippen LogP contribution < -0.4 is 10.2 Å². The zero-order valence-corrected chi connectivity index (χ0v) is 21.2. The number of aryl methyl sites for hydroxylation is 1. The minimum absolute atomic E-state index is 0.0431. The maximum absolute atomic E-state index is 13.0. The number of pyridine rings is 1. The Bertz CT molecular complexity index is 1340. The van der Waals surface area contributed by atoms with Crippen molar-refractivity contribution in [1.29, 1.82) is 0 Å². The number of anilines is 1. The number of nitro groups is 1. The molecular formula is C23H27N7O8. The van der Waals surface area contributed by atoms with Gasteiger partial charge < -0.3 is 19.6 Å². The van der Waals surface area contributed by atoms with E-state index in [1.165, 1.54) is 28.9 Å². The Morgan fingerprint density at radius 2 is 2.03 bits per heavy atom. The molecule has 0 aliphatic rings. The smallest absolute Gasteiger partial charge is 0.416 e. The average molecular weight is 530 g/mol. The van der Waals surface area contributed by atoms with Crippen LogP contribution in [0.4, 0.5) is 16.3 Å². The number of aromatic carboxylic acids is 1. The number of unbranched alkanes of at least 4 members (excludes halogenated alkanes) is 1. The Hall–Kier alpha value is -4.82. The lowest BCUT2D eigenvalue weighted by Gasteiger charge is -2.27. The van der Waals surface area contributed by atoms with Crippen LogP contribution in [-0.4, -0.2) is 66.4 Å². The molecule has 0 bridgehead atoms. The highest BCUT2D eigenvalue weighted by Gasteiger charge is 2.26. The summed E-state index contributed by atoms with van der Waals surface area (Å²) >= 11 is 0. The molecule has 0 spiro atoms. The van der Waals surface area contributed by atoms with E-state index < -0.39 is 34.2 Å². The number of carboxylic acid groups (broad SMARTS) is 1. The number of hydrogen-bond acceptors (Lipinski definition) is 10. The maximum atomic E-state index is 13.0. The molecule has 0 radical (unpaired) electrons. The number of carboxylic acids is 1. The largest absolute Gasteiger partial charge is 0.476 e. The normalized spacial score (nSPS) is 11.2. The number of carbonyl (C=O) groups excluding carboxylic acids is 2. The number of oxazole rings is 1. The number of nitrogens with one attached hydrogen (secondary N) is 1. The van der Waals surface area contributed by atoms with Gasteiger partial charge in [0.05, 0.1) is 4.92 Å². The first-order chi connectivity index (χ1) is 17.9. The summed E-state index contributed by atoms with van der Waals surface area (Å²) in [6.45, 7) is 5.51. The van der Waals surface area contributed by atoms with Crippen molar-refractivity contribution in [2.45, 2.75) is 39.2 Å². The van der Waals surface area contributed by atoms with E-state index in [0.29, 0.717) is 18.4 Å². The molecule has 15 nitrogen and oxygen atoms in total. The fourth-order valence-electron chi connectivity index (χ4n) is 3.27. The lowest BCUT2D eigenvalue weighted by molar-refractivity contribution is -0.385. The SMILES string of the molecule is Cn1cc([N+](=O)[O-])c(C(=O)NCCCCN(C(=O)OC(C)(C)C)c2cc(-c3nc(C(=O)O)co3)ccn2)n1. The molecule has 3 aromatic heterocycles. The summed E-state index contributed by atoms with van der Waals surface area (Å²) in [5.74, 6) is -1.65. The van der Waals surface area contributed by atoms with Gasteiger partial charge in [0, 0.05) is 31.9 Å². The molecule has 202 valence electrons. The predicted octanol–water partition coefficient (Wildman–Crippen LogP) is 3.03. The van der Waals surface area contributed by atoms with Gasteiger partial charge >= 0.3 is 17.7 Å². The molecule has 0 fully saturated rings. The van der Waals surface area contributed by atoms with Crippen molar-refractivity contribution in [2.75, 3.05) is 18.0 Å². The second-order valence-corrected chi connectivity index (χ2v) is 9.13. The van der Waals surface area contributed by atoms with Gasteiger partial charge in [0.2, 0.25) is 11.6 Å². The summed E-state index contributed by atoms with van der Waals surface area (Å²) in [6, 6.07) is 3.07. The van der Waals surface area contributed by atoms with Crippen LogP contribution in [0.25, 0.3) is 11.5 Å². The Morgan fingerprint density at radius 1 is 1.29 bits per heavy atom. The lowest BCUT2D eigenvalue weighted by Crippen LogP contribution is -2.38. The predicted molar refractivity (Wildman–Crippen MR) is 132 cm³/mol. The lowest BCUT2D eigenvalue weighted by atomic mass is 10.2.